The number of urea groups is 1. The largest absolute Gasteiger partial charge is 0.497 e. The molecule has 1 aliphatic heterocycles. The molecule has 2 amide bonds. The number of fused-ring (bicyclic) bond motifs is 2. The summed E-state index contributed by atoms with van der Waals surface area (Å²) in [5.41, 5.74) is 2.95. The quantitative estimate of drug-likeness (QED) is 0.511. The van der Waals surface area contributed by atoms with E-state index >= 15 is 0 Å². The molecule has 0 saturated carbocycles. The van der Waals surface area contributed by atoms with Crippen LogP contribution in [0, 0.1) is 0 Å². The minimum absolute atomic E-state index is 0.105. The molecule has 0 bridgehead atoms. The third-order valence-electron chi connectivity index (χ3n) is 5.74. The summed E-state index contributed by atoms with van der Waals surface area (Å²) in [5, 5.41) is 5.29. The molecule has 5 nitrogen and oxygen atoms in total. The van der Waals surface area contributed by atoms with Crippen molar-refractivity contribution in [2.45, 2.75) is 12.6 Å². The Morgan fingerprint density at radius 3 is 2.70 bits per heavy atom. The molecular formula is C25H23N3O2. The summed E-state index contributed by atoms with van der Waals surface area (Å²) < 4.78 is 7.64. The summed E-state index contributed by atoms with van der Waals surface area (Å²) >= 11 is 0. The lowest BCUT2D eigenvalue weighted by molar-refractivity contribution is 0.181. The summed E-state index contributed by atoms with van der Waals surface area (Å²) in [4.78, 5) is 15.4. The number of ether oxygens (including phenoxy) is 1. The van der Waals surface area contributed by atoms with Crippen LogP contribution >= 0.6 is 0 Å². The number of rotatable bonds is 3. The molecule has 1 N–H and O–H groups in total. The molecule has 5 heteroatoms. The van der Waals surface area contributed by atoms with E-state index in [1.54, 1.807) is 7.11 Å². The van der Waals surface area contributed by atoms with Crippen molar-refractivity contribution >= 4 is 22.5 Å². The van der Waals surface area contributed by atoms with Crippen LogP contribution in [0.5, 0.6) is 5.75 Å². The molecule has 3 aromatic carbocycles. The fourth-order valence-corrected chi connectivity index (χ4v) is 4.29. The Balaban J connectivity index is 1.52. The Morgan fingerprint density at radius 1 is 0.967 bits per heavy atom. The first kappa shape index (κ1) is 18.3. The lowest BCUT2D eigenvalue weighted by atomic mass is 10.00. The molecule has 0 unspecified atom stereocenters. The predicted octanol–water partition coefficient (Wildman–Crippen LogP) is 5.29. The molecule has 0 radical (unpaired) electrons. The van der Waals surface area contributed by atoms with E-state index in [-0.39, 0.29) is 12.1 Å². The summed E-state index contributed by atoms with van der Waals surface area (Å²) in [5.74, 6) is 0.783. The second kappa shape index (κ2) is 7.59. The molecule has 1 atom stereocenters. The summed E-state index contributed by atoms with van der Waals surface area (Å²) in [7, 11) is 1.66. The molecular weight excluding hydrogens is 374 g/mol. The minimum atomic E-state index is -0.182. The third kappa shape index (κ3) is 3.18. The Hall–Kier alpha value is -3.73. The lowest BCUT2D eigenvalue weighted by Crippen LogP contribution is -2.44. The standard InChI is InChI=1S/C25H23N3O2/c1-30-20-10-4-9-19(17-20)24-23-13-6-14-27(23)15-16-28(24)25(29)26-22-12-5-8-18-7-2-3-11-21(18)22/h2-14,17,24H,15-16H2,1H3,(H,26,29)/t24-/m0/s1. The fourth-order valence-electron chi connectivity index (χ4n) is 4.29. The SMILES string of the molecule is COc1cccc([C@H]2c3cccn3CCN2C(=O)Nc2cccc3ccccc23)c1. The zero-order valence-corrected chi connectivity index (χ0v) is 16.8. The van der Waals surface area contributed by atoms with Crippen molar-refractivity contribution in [2.24, 2.45) is 0 Å². The molecule has 1 aromatic heterocycles. The van der Waals surface area contributed by atoms with Crippen LogP contribution in [0.4, 0.5) is 10.5 Å². The first-order valence-electron chi connectivity index (χ1n) is 10.1. The van der Waals surface area contributed by atoms with Gasteiger partial charge >= 0.3 is 6.03 Å². The zero-order valence-electron chi connectivity index (χ0n) is 16.8. The van der Waals surface area contributed by atoms with E-state index in [0.717, 1.165) is 40.0 Å². The van der Waals surface area contributed by atoms with E-state index in [4.69, 9.17) is 4.74 Å². The number of hydrogen-bond acceptors (Lipinski definition) is 2. The van der Waals surface area contributed by atoms with Crippen molar-refractivity contribution < 1.29 is 9.53 Å². The van der Waals surface area contributed by atoms with Crippen LogP contribution in [0.3, 0.4) is 0 Å². The summed E-state index contributed by atoms with van der Waals surface area (Å²) in [6, 6.07) is 25.8. The summed E-state index contributed by atoms with van der Waals surface area (Å²) in [6.07, 6.45) is 2.07. The molecule has 0 fully saturated rings. The maximum absolute atomic E-state index is 13.5. The molecule has 2 heterocycles. The second-order valence-electron chi connectivity index (χ2n) is 7.46. The van der Waals surface area contributed by atoms with E-state index in [2.05, 4.69) is 34.3 Å². The van der Waals surface area contributed by atoms with Crippen LogP contribution in [-0.2, 0) is 6.54 Å². The molecule has 150 valence electrons. The van der Waals surface area contributed by atoms with Gasteiger partial charge in [0, 0.05) is 30.4 Å². The van der Waals surface area contributed by atoms with Gasteiger partial charge in [0.25, 0.3) is 0 Å². The monoisotopic (exact) mass is 397 g/mol. The van der Waals surface area contributed by atoms with Gasteiger partial charge in [-0.2, -0.15) is 0 Å². The maximum atomic E-state index is 13.5. The Bertz CT molecular complexity index is 1210. The lowest BCUT2D eigenvalue weighted by Gasteiger charge is -2.37. The van der Waals surface area contributed by atoms with Crippen LogP contribution in [0.2, 0.25) is 0 Å². The highest BCUT2D eigenvalue weighted by molar-refractivity contribution is 6.01. The molecule has 0 spiro atoms. The van der Waals surface area contributed by atoms with Gasteiger partial charge in [0.15, 0.2) is 0 Å². The highest BCUT2D eigenvalue weighted by Gasteiger charge is 2.32. The van der Waals surface area contributed by atoms with E-state index in [1.165, 1.54) is 0 Å². The van der Waals surface area contributed by atoms with Crippen molar-refractivity contribution in [3.05, 3.63) is 96.3 Å². The van der Waals surface area contributed by atoms with Crippen molar-refractivity contribution in [1.29, 1.82) is 0 Å². The number of benzene rings is 3. The molecule has 1 aliphatic rings. The van der Waals surface area contributed by atoms with Crippen LogP contribution < -0.4 is 10.1 Å². The van der Waals surface area contributed by atoms with Crippen LogP contribution in [0.1, 0.15) is 17.3 Å². The van der Waals surface area contributed by atoms with Crippen molar-refractivity contribution in [2.75, 3.05) is 19.0 Å². The fraction of sp³-hybridized carbons (Fsp3) is 0.160. The average molecular weight is 397 g/mol. The van der Waals surface area contributed by atoms with Gasteiger partial charge in [-0.1, -0.05) is 48.5 Å². The van der Waals surface area contributed by atoms with Crippen LogP contribution in [0.25, 0.3) is 10.8 Å². The number of aromatic nitrogens is 1. The van der Waals surface area contributed by atoms with Crippen LogP contribution in [-0.4, -0.2) is 29.2 Å². The van der Waals surface area contributed by atoms with Gasteiger partial charge in [-0.3, -0.25) is 0 Å². The smallest absolute Gasteiger partial charge is 0.322 e. The van der Waals surface area contributed by atoms with Crippen molar-refractivity contribution in [1.82, 2.24) is 9.47 Å². The first-order chi connectivity index (χ1) is 14.7. The predicted molar refractivity (Wildman–Crippen MR) is 119 cm³/mol. The first-order valence-corrected chi connectivity index (χ1v) is 10.1. The van der Waals surface area contributed by atoms with E-state index in [9.17, 15) is 4.79 Å². The number of carbonyl (C=O) groups excluding carboxylic acids is 1. The average Bonchev–Trinajstić information content (AvgIpc) is 3.27. The number of anilines is 1. The van der Waals surface area contributed by atoms with Crippen molar-refractivity contribution in [3.8, 4) is 5.75 Å². The van der Waals surface area contributed by atoms with Gasteiger partial charge in [-0.15, -0.1) is 0 Å². The molecule has 0 aliphatic carbocycles. The maximum Gasteiger partial charge on any atom is 0.322 e. The Morgan fingerprint density at radius 2 is 1.80 bits per heavy atom. The summed E-state index contributed by atoms with van der Waals surface area (Å²) in [6.45, 7) is 1.39. The highest BCUT2D eigenvalue weighted by Crippen LogP contribution is 2.34. The molecule has 5 rings (SSSR count). The van der Waals surface area contributed by atoms with Gasteiger partial charge < -0.3 is 19.5 Å². The number of carbonyl (C=O) groups is 1. The normalized spacial score (nSPS) is 15.6. The van der Waals surface area contributed by atoms with Gasteiger partial charge in [0.1, 0.15) is 5.75 Å². The Labute approximate surface area is 175 Å². The molecule has 4 aromatic rings. The molecule has 30 heavy (non-hydrogen) atoms. The number of nitrogens with zero attached hydrogens (tertiary/aromatic N) is 2. The van der Waals surface area contributed by atoms with E-state index < -0.39 is 0 Å². The zero-order chi connectivity index (χ0) is 20.5. The number of amides is 2. The molecule has 0 saturated heterocycles. The van der Waals surface area contributed by atoms with E-state index in [1.807, 2.05) is 65.6 Å². The van der Waals surface area contributed by atoms with Gasteiger partial charge in [-0.05, 0) is 41.3 Å². The highest BCUT2D eigenvalue weighted by atomic mass is 16.5. The number of hydrogen-bond donors (Lipinski definition) is 1. The van der Waals surface area contributed by atoms with Gasteiger partial charge in [0.2, 0.25) is 0 Å². The van der Waals surface area contributed by atoms with Crippen LogP contribution in [0.15, 0.2) is 85.1 Å². The Kier molecular flexibility index (Phi) is 4.64. The third-order valence-corrected chi connectivity index (χ3v) is 5.74. The van der Waals surface area contributed by atoms with E-state index in [0.29, 0.717) is 6.54 Å². The van der Waals surface area contributed by atoms with Gasteiger partial charge in [-0.25, -0.2) is 4.79 Å². The van der Waals surface area contributed by atoms with Gasteiger partial charge in [0.05, 0.1) is 18.8 Å². The number of nitrogens with one attached hydrogen (secondary N) is 1. The minimum Gasteiger partial charge on any atom is -0.497 e. The number of methoxy groups -OCH3 is 1. The topological polar surface area (TPSA) is 46.5 Å². The van der Waals surface area contributed by atoms with Crippen molar-refractivity contribution in [3.63, 3.8) is 0 Å². The second-order valence-corrected chi connectivity index (χ2v) is 7.46.